The number of rotatable bonds is 6. The maximum absolute atomic E-state index is 5.57. The predicted octanol–water partition coefficient (Wildman–Crippen LogP) is 4.46. The average Bonchev–Trinajstić information content (AvgIpc) is 2.53. The van der Waals surface area contributed by atoms with E-state index in [1.54, 1.807) is 7.11 Å². The van der Waals surface area contributed by atoms with Crippen molar-refractivity contribution in [1.82, 2.24) is 5.32 Å². The zero-order valence-electron chi connectivity index (χ0n) is 13.4. The highest BCUT2D eigenvalue weighted by molar-refractivity contribution is 5.41. The maximum atomic E-state index is 5.57. The summed E-state index contributed by atoms with van der Waals surface area (Å²) < 4.78 is 5.57. The van der Waals surface area contributed by atoms with Gasteiger partial charge in [0.2, 0.25) is 0 Å². The summed E-state index contributed by atoms with van der Waals surface area (Å²) >= 11 is 0. The van der Waals surface area contributed by atoms with E-state index in [-0.39, 0.29) is 6.04 Å². The van der Waals surface area contributed by atoms with Gasteiger partial charge in [0, 0.05) is 17.5 Å². The summed E-state index contributed by atoms with van der Waals surface area (Å²) in [5, 5.41) is 3.62. The van der Waals surface area contributed by atoms with Gasteiger partial charge in [-0.05, 0) is 25.1 Å². The summed E-state index contributed by atoms with van der Waals surface area (Å²) in [5.41, 5.74) is 3.83. The van der Waals surface area contributed by atoms with Crippen LogP contribution in [-0.4, -0.2) is 13.7 Å². The fourth-order valence-electron chi connectivity index (χ4n) is 2.82. The van der Waals surface area contributed by atoms with Gasteiger partial charge in [-0.2, -0.15) is 0 Å². The Hall–Kier alpha value is -1.80. The maximum Gasteiger partial charge on any atom is 0.123 e. The number of hydrogen-bond acceptors (Lipinski definition) is 2. The Morgan fingerprint density at radius 1 is 1.10 bits per heavy atom. The van der Waals surface area contributed by atoms with Gasteiger partial charge in [-0.25, -0.2) is 0 Å². The second kappa shape index (κ2) is 7.28. The number of aryl methyl sites for hydroxylation is 1. The highest BCUT2D eigenvalue weighted by Gasteiger charge is 2.23. The molecular weight excluding hydrogens is 258 g/mol. The smallest absolute Gasteiger partial charge is 0.123 e. The van der Waals surface area contributed by atoms with Crippen LogP contribution in [-0.2, 0) is 0 Å². The second-order valence-corrected chi connectivity index (χ2v) is 5.48. The third-order valence-corrected chi connectivity index (χ3v) is 3.97. The summed E-state index contributed by atoms with van der Waals surface area (Å²) in [6.45, 7) is 7.47. The average molecular weight is 283 g/mol. The van der Waals surface area contributed by atoms with Crippen molar-refractivity contribution in [1.29, 1.82) is 0 Å². The Kier molecular flexibility index (Phi) is 5.40. The molecule has 0 saturated heterocycles. The minimum Gasteiger partial charge on any atom is -0.496 e. The van der Waals surface area contributed by atoms with Crippen molar-refractivity contribution in [3.63, 3.8) is 0 Å². The molecule has 2 nitrogen and oxygen atoms in total. The normalized spacial score (nSPS) is 13.7. The fraction of sp³-hybridized carbons (Fsp3) is 0.368. The number of benzene rings is 2. The van der Waals surface area contributed by atoms with Crippen LogP contribution in [0, 0.1) is 6.92 Å². The molecule has 0 bridgehead atoms. The van der Waals surface area contributed by atoms with E-state index in [9.17, 15) is 0 Å². The van der Waals surface area contributed by atoms with Crippen molar-refractivity contribution >= 4 is 0 Å². The predicted molar refractivity (Wildman–Crippen MR) is 89.0 cm³/mol. The Morgan fingerprint density at radius 2 is 1.81 bits per heavy atom. The van der Waals surface area contributed by atoms with Crippen LogP contribution < -0.4 is 10.1 Å². The van der Waals surface area contributed by atoms with E-state index in [2.05, 4.69) is 74.6 Å². The van der Waals surface area contributed by atoms with Crippen molar-refractivity contribution < 1.29 is 4.74 Å². The molecular formula is C19H25NO. The van der Waals surface area contributed by atoms with Crippen molar-refractivity contribution in [3.8, 4) is 5.75 Å². The molecule has 2 rings (SSSR count). The molecule has 2 heteroatoms. The van der Waals surface area contributed by atoms with Gasteiger partial charge < -0.3 is 10.1 Å². The third kappa shape index (κ3) is 3.64. The second-order valence-electron chi connectivity index (χ2n) is 5.48. The van der Waals surface area contributed by atoms with Crippen LogP contribution in [0.25, 0.3) is 0 Å². The zero-order valence-corrected chi connectivity index (χ0v) is 13.4. The van der Waals surface area contributed by atoms with Gasteiger partial charge in [0.15, 0.2) is 0 Å². The molecule has 0 heterocycles. The molecule has 0 fully saturated rings. The summed E-state index contributed by atoms with van der Waals surface area (Å²) in [7, 11) is 1.74. The lowest BCUT2D eigenvalue weighted by Crippen LogP contribution is -2.26. The summed E-state index contributed by atoms with van der Waals surface area (Å²) in [5.74, 6) is 1.33. The molecule has 2 aromatic rings. The molecule has 1 N–H and O–H groups in total. The Balaban J connectivity index is 2.41. The minimum atomic E-state index is 0.243. The van der Waals surface area contributed by atoms with E-state index in [1.165, 1.54) is 16.7 Å². The number of methoxy groups -OCH3 is 1. The van der Waals surface area contributed by atoms with Crippen LogP contribution in [0.3, 0.4) is 0 Å². The molecule has 0 aliphatic rings. The summed E-state index contributed by atoms with van der Waals surface area (Å²) in [6.07, 6.45) is 0. The Labute approximate surface area is 128 Å². The first-order valence-electron chi connectivity index (χ1n) is 7.60. The zero-order chi connectivity index (χ0) is 15.2. The number of nitrogens with one attached hydrogen (secondary N) is 1. The summed E-state index contributed by atoms with van der Waals surface area (Å²) in [6, 6.07) is 17.3. The van der Waals surface area contributed by atoms with E-state index in [0.717, 1.165) is 12.3 Å². The van der Waals surface area contributed by atoms with Crippen molar-refractivity contribution in [2.45, 2.75) is 32.7 Å². The molecule has 0 spiro atoms. The molecule has 2 atom stereocenters. The molecule has 0 amide bonds. The molecule has 112 valence electrons. The van der Waals surface area contributed by atoms with Gasteiger partial charge >= 0.3 is 0 Å². The lowest BCUT2D eigenvalue weighted by Gasteiger charge is -2.27. The van der Waals surface area contributed by atoms with Crippen LogP contribution in [0.2, 0.25) is 0 Å². The number of hydrogen-bond donors (Lipinski definition) is 1. The van der Waals surface area contributed by atoms with Gasteiger partial charge in [0.1, 0.15) is 5.75 Å². The monoisotopic (exact) mass is 283 g/mol. The standard InChI is InChI=1S/C19H25NO/c1-5-20-19(15(3)16-9-7-6-8-10-16)17-13-14(2)11-12-18(17)21-4/h6-13,15,19-20H,5H2,1-4H3. The Bertz CT molecular complexity index is 565. The molecule has 0 aliphatic heterocycles. The lowest BCUT2D eigenvalue weighted by molar-refractivity contribution is 0.390. The largest absolute Gasteiger partial charge is 0.496 e. The van der Waals surface area contributed by atoms with E-state index < -0.39 is 0 Å². The van der Waals surface area contributed by atoms with E-state index >= 15 is 0 Å². The molecule has 0 aromatic heterocycles. The quantitative estimate of drug-likeness (QED) is 0.845. The SMILES string of the molecule is CCNC(c1cc(C)ccc1OC)C(C)c1ccccc1. The van der Waals surface area contributed by atoms with Crippen molar-refractivity contribution in [2.24, 2.45) is 0 Å². The first-order chi connectivity index (χ1) is 10.2. The first-order valence-corrected chi connectivity index (χ1v) is 7.60. The molecule has 2 aromatic carbocycles. The highest BCUT2D eigenvalue weighted by atomic mass is 16.5. The van der Waals surface area contributed by atoms with Gasteiger partial charge in [-0.15, -0.1) is 0 Å². The van der Waals surface area contributed by atoms with Gasteiger partial charge in [0.25, 0.3) is 0 Å². The Morgan fingerprint density at radius 3 is 2.43 bits per heavy atom. The van der Waals surface area contributed by atoms with Gasteiger partial charge in [-0.1, -0.05) is 61.9 Å². The summed E-state index contributed by atoms with van der Waals surface area (Å²) in [4.78, 5) is 0. The van der Waals surface area contributed by atoms with Crippen LogP contribution in [0.1, 0.15) is 42.5 Å². The van der Waals surface area contributed by atoms with Crippen molar-refractivity contribution in [2.75, 3.05) is 13.7 Å². The van der Waals surface area contributed by atoms with Crippen LogP contribution in [0.15, 0.2) is 48.5 Å². The number of ether oxygens (including phenoxy) is 1. The topological polar surface area (TPSA) is 21.3 Å². The minimum absolute atomic E-state index is 0.243. The third-order valence-electron chi connectivity index (χ3n) is 3.97. The molecule has 21 heavy (non-hydrogen) atoms. The van der Waals surface area contributed by atoms with E-state index in [1.807, 2.05) is 0 Å². The number of likely N-dealkylation sites (N-methyl/N-ethyl adjacent to an activating group) is 1. The molecule has 0 radical (unpaired) electrons. The lowest BCUT2D eigenvalue weighted by atomic mass is 9.87. The molecule has 0 aliphatic carbocycles. The van der Waals surface area contributed by atoms with E-state index in [0.29, 0.717) is 5.92 Å². The molecule has 2 unspecified atom stereocenters. The fourth-order valence-corrected chi connectivity index (χ4v) is 2.82. The van der Waals surface area contributed by atoms with Crippen LogP contribution in [0.5, 0.6) is 5.75 Å². The first kappa shape index (κ1) is 15.6. The van der Waals surface area contributed by atoms with Gasteiger partial charge in [0.05, 0.1) is 7.11 Å². The van der Waals surface area contributed by atoms with Gasteiger partial charge in [-0.3, -0.25) is 0 Å². The van der Waals surface area contributed by atoms with E-state index in [4.69, 9.17) is 4.74 Å². The van der Waals surface area contributed by atoms with Crippen molar-refractivity contribution in [3.05, 3.63) is 65.2 Å². The van der Waals surface area contributed by atoms with Crippen LogP contribution in [0.4, 0.5) is 0 Å². The van der Waals surface area contributed by atoms with Crippen LogP contribution >= 0.6 is 0 Å². The molecule has 0 saturated carbocycles. The highest BCUT2D eigenvalue weighted by Crippen LogP contribution is 2.35.